The van der Waals surface area contributed by atoms with Crippen molar-refractivity contribution in [2.75, 3.05) is 28.2 Å². The number of hydrogen-bond donors (Lipinski definition) is 0. The molecule has 0 aromatic carbocycles. The quantitative estimate of drug-likeness (QED) is 0.347. The van der Waals surface area contributed by atoms with E-state index < -0.39 is 9.29 Å². The number of hydrogen-bond acceptors (Lipinski definition) is 3. The highest BCUT2D eigenvalue weighted by Crippen LogP contribution is 1.73. The van der Waals surface area contributed by atoms with Gasteiger partial charge in [0.15, 0.2) is 0 Å². The molecule has 0 saturated carbocycles. The molecule has 0 heterocycles. The fraction of sp³-hybridized carbons (Fsp3) is 1.00. The van der Waals surface area contributed by atoms with Gasteiger partial charge in [-0.15, -0.1) is 0 Å². The topological polar surface area (TPSA) is 64.1 Å². The fourth-order valence-electron chi connectivity index (χ4n) is 0. The van der Waals surface area contributed by atoms with Crippen LogP contribution in [0.5, 0.6) is 0 Å². The third-order valence-electron chi connectivity index (χ3n) is 0. The van der Waals surface area contributed by atoms with Crippen molar-refractivity contribution in [3.05, 3.63) is 0 Å². The van der Waals surface area contributed by atoms with Crippen LogP contribution in [0.3, 0.4) is 0 Å². The second kappa shape index (κ2) is 7.74. The zero-order valence-electron chi connectivity index (χ0n) is 6.21. The first-order chi connectivity index (χ1) is 3.41. The third kappa shape index (κ3) is 3680. The Labute approximate surface area is 57.3 Å². The lowest BCUT2D eigenvalue weighted by Crippen LogP contribution is -2.27. The molecule has 56 valence electrons. The van der Waals surface area contributed by atoms with Crippen LogP contribution in [0, 0.1) is 0 Å². The molecule has 0 radical (unpaired) electrons. The Kier molecular flexibility index (Phi) is 13.7. The Morgan fingerprint density at radius 1 is 1.00 bits per heavy atom. The Balaban J connectivity index is -0.0000000800. The lowest BCUT2D eigenvalue weighted by molar-refractivity contribution is -0.849. The number of nitrogens with zero attached hydrogens (tertiary/aromatic N) is 1. The summed E-state index contributed by atoms with van der Waals surface area (Å²) in [5.74, 6) is 0. The zero-order chi connectivity index (χ0) is 7.21. The molecular formula is C4H13NO3Si. The summed E-state index contributed by atoms with van der Waals surface area (Å²) in [5, 5.41) is 0. The van der Waals surface area contributed by atoms with Gasteiger partial charge in [-0.3, -0.25) is 8.92 Å². The first kappa shape index (κ1) is 15.9. The van der Waals surface area contributed by atoms with E-state index in [9.17, 15) is 0 Å². The van der Waals surface area contributed by atoms with Gasteiger partial charge in [-0.1, -0.05) is 0 Å². The van der Waals surface area contributed by atoms with Gasteiger partial charge in [-0.25, -0.2) is 0 Å². The van der Waals surface area contributed by atoms with Crippen LogP contribution in [0.15, 0.2) is 0 Å². The molecule has 0 rings (SSSR count). The monoisotopic (exact) mass is 151 g/mol. The van der Waals surface area contributed by atoms with Crippen molar-refractivity contribution in [1.82, 2.24) is 0 Å². The molecule has 0 atom stereocenters. The van der Waals surface area contributed by atoms with Gasteiger partial charge in [-0.05, 0) is 0 Å². The fourth-order valence-corrected chi connectivity index (χ4v) is 0. The van der Waals surface area contributed by atoms with E-state index >= 15 is 0 Å². The summed E-state index contributed by atoms with van der Waals surface area (Å²) in [7, 11) is 7.08. The molecular weight excluding hydrogens is 138 g/mol. The second-order valence-electron chi connectivity index (χ2n) is 2.77. The molecule has 0 aliphatic heterocycles. The van der Waals surface area contributed by atoms with Crippen LogP contribution in [0.4, 0.5) is 0 Å². The van der Waals surface area contributed by atoms with Gasteiger partial charge in [0.05, 0.1) is 28.2 Å². The Morgan fingerprint density at radius 3 is 1.00 bits per heavy atom. The highest BCUT2D eigenvalue weighted by molar-refractivity contribution is 5.94. The van der Waals surface area contributed by atoms with Gasteiger partial charge in [-0.2, -0.15) is 0 Å². The van der Waals surface area contributed by atoms with E-state index in [0.29, 0.717) is 0 Å². The molecule has 0 aromatic heterocycles. The van der Waals surface area contributed by atoms with Crippen molar-refractivity contribution < 1.29 is 18.9 Å². The molecule has 0 spiro atoms. The van der Waals surface area contributed by atoms with Crippen LogP contribution in [0.25, 0.3) is 0 Å². The van der Waals surface area contributed by atoms with Crippen molar-refractivity contribution in [2.24, 2.45) is 0 Å². The van der Waals surface area contributed by atoms with Crippen molar-refractivity contribution in [3.8, 4) is 0 Å². The zero-order valence-corrected chi connectivity index (χ0v) is 7.21. The van der Waals surface area contributed by atoms with Gasteiger partial charge in [0.1, 0.15) is 0 Å². The predicted molar refractivity (Wildman–Crippen MR) is 33.0 cm³/mol. The maximum atomic E-state index is 8.40. The molecule has 5 heteroatoms. The summed E-state index contributed by atoms with van der Waals surface area (Å²) < 4.78 is 17.8. The largest absolute Gasteiger partial charge is 0.870 e. The molecule has 0 unspecified atom stereocenters. The van der Waals surface area contributed by atoms with Gasteiger partial charge >= 0.3 is 9.29 Å². The molecule has 0 fully saturated rings. The lowest BCUT2D eigenvalue weighted by Gasteiger charge is -2.14. The summed E-state index contributed by atoms with van der Waals surface area (Å²) in [6, 6.07) is 0. The third-order valence-corrected chi connectivity index (χ3v) is 0. The number of rotatable bonds is 0. The van der Waals surface area contributed by atoms with E-state index in [1.54, 1.807) is 0 Å². The second-order valence-corrected chi connectivity index (χ2v) is 2.93. The van der Waals surface area contributed by atoms with Crippen LogP contribution in [-0.4, -0.2) is 47.4 Å². The average Bonchev–Trinajstić information content (AvgIpc) is 1.27. The maximum absolute atomic E-state index is 8.40. The van der Waals surface area contributed by atoms with Crippen molar-refractivity contribution in [1.29, 1.82) is 0 Å². The van der Waals surface area contributed by atoms with Crippen molar-refractivity contribution in [3.63, 3.8) is 0 Å². The van der Waals surface area contributed by atoms with E-state index in [0.717, 1.165) is 4.48 Å². The maximum Gasteiger partial charge on any atom is 0.549 e. The lowest BCUT2D eigenvalue weighted by atomic mass is 10.8. The van der Waals surface area contributed by atoms with Gasteiger partial charge in [0, 0.05) is 0 Å². The molecule has 0 bridgehead atoms. The minimum absolute atomic E-state index is 0. The predicted octanol–water partition coefficient (Wildman–Crippen LogP) is -0.473. The Hall–Kier alpha value is -0.263. The van der Waals surface area contributed by atoms with Crippen molar-refractivity contribution in [2.45, 2.75) is 0 Å². The standard InChI is InChI=1S/C4H12N.O2Si.H2O/c1-5(2,3)4;1-3-2;/h1-4H3;;1H2/q+1;;/p-1. The SMILES string of the molecule is C[N+](C)(C)C.O=[Si]=O.[OH-]. The summed E-state index contributed by atoms with van der Waals surface area (Å²) in [6.07, 6.45) is 0. The molecule has 0 aliphatic carbocycles. The van der Waals surface area contributed by atoms with E-state index in [1.165, 1.54) is 0 Å². The van der Waals surface area contributed by atoms with E-state index in [4.69, 9.17) is 8.92 Å². The van der Waals surface area contributed by atoms with Crippen LogP contribution < -0.4 is 0 Å². The molecule has 9 heavy (non-hydrogen) atoms. The van der Waals surface area contributed by atoms with E-state index in [1.807, 2.05) is 0 Å². The van der Waals surface area contributed by atoms with Gasteiger partial charge < -0.3 is 9.96 Å². The summed E-state index contributed by atoms with van der Waals surface area (Å²) >= 11 is 0. The van der Waals surface area contributed by atoms with Crippen LogP contribution in [0.2, 0.25) is 0 Å². The highest BCUT2D eigenvalue weighted by atomic mass is 28.2. The van der Waals surface area contributed by atoms with Gasteiger partial charge in [0.2, 0.25) is 0 Å². The summed E-state index contributed by atoms with van der Waals surface area (Å²) in [6.45, 7) is 0. The molecule has 1 N–H and O–H groups in total. The van der Waals surface area contributed by atoms with Crippen LogP contribution >= 0.6 is 0 Å². The van der Waals surface area contributed by atoms with E-state index in [2.05, 4.69) is 28.2 Å². The molecule has 0 amide bonds. The van der Waals surface area contributed by atoms with Crippen LogP contribution in [-0.2, 0) is 8.92 Å². The summed E-state index contributed by atoms with van der Waals surface area (Å²) in [5.41, 5.74) is 0. The van der Waals surface area contributed by atoms with Gasteiger partial charge in [0.25, 0.3) is 0 Å². The van der Waals surface area contributed by atoms with Crippen LogP contribution in [0.1, 0.15) is 0 Å². The minimum atomic E-state index is -1.42. The minimum Gasteiger partial charge on any atom is -0.870 e. The molecule has 0 aliphatic rings. The molecule has 4 nitrogen and oxygen atoms in total. The molecule has 0 saturated heterocycles. The Bertz CT molecular complexity index is 76.3. The molecule has 0 aromatic rings. The number of quaternary nitrogens is 1. The van der Waals surface area contributed by atoms with Crippen molar-refractivity contribution >= 4 is 9.29 Å². The first-order valence-electron chi connectivity index (χ1n) is 2.20. The smallest absolute Gasteiger partial charge is 0.549 e. The average molecular weight is 151 g/mol. The first-order valence-corrected chi connectivity index (χ1v) is 3.01. The summed E-state index contributed by atoms with van der Waals surface area (Å²) in [4.78, 5) is 0. The Morgan fingerprint density at radius 2 is 1.00 bits per heavy atom. The highest BCUT2D eigenvalue weighted by Gasteiger charge is 1.88. The normalized spacial score (nSPS) is 7.56. The van der Waals surface area contributed by atoms with E-state index in [-0.39, 0.29) is 5.48 Å².